The number of sulfone groups is 1. The maximum absolute atomic E-state index is 13.2. The van der Waals surface area contributed by atoms with Crippen molar-refractivity contribution in [3.8, 4) is 0 Å². The lowest BCUT2D eigenvalue weighted by molar-refractivity contribution is -0.133. The number of hydrogen-bond acceptors (Lipinski definition) is 5. The van der Waals surface area contributed by atoms with Crippen LogP contribution >= 0.6 is 0 Å². The van der Waals surface area contributed by atoms with Crippen LogP contribution in [0, 0.1) is 11.6 Å². The number of carbonyl (C=O) groups excluding carboxylic acids is 3. The minimum absolute atomic E-state index is 0.0465. The van der Waals surface area contributed by atoms with Crippen LogP contribution in [0.2, 0.25) is 0 Å². The summed E-state index contributed by atoms with van der Waals surface area (Å²) in [7, 11) is -3.44. The molecule has 0 aromatic heterocycles. The first kappa shape index (κ1) is 21.4. The summed E-state index contributed by atoms with van der Waals surface area (Å²) < 4.78 is 49.7. The van der Waals surface area contributed by atoms with Gasteiger partial charge in [-0.3, -0.25) is 14.5 Å². The summed E-state index contributed by atoms with van der Waals surface area (Å²) in [5.74, 6) is -3.36. The zero-order valence-electron chi connectivity index (χ0n) is 15.9. The molecule has 0 bridgehead atoms. The standard InChI is InChI=1S/C19H17F2N3O5S/c1-19(11-3-5-15(6-4-11)30(2,28)29)17(26)24(18(27)23-19)10-16(25)22-14-8-12(20)7-13(21)9-14/h3-9H,10H2,1-2H3,(H,22,25)(H,23,27). The van der Waals surface area contributed by atoms with Crippen molar-refractivity contribution >= 4 is 33.4 Å². The molecule has 8 nitrogen and oxygen atoms in total. The molecule has 0 aliphatic carbocycles. The monoisotopic (exact) mass is 437 g/mol. The van der Waals surface area contributed by atoms with Crippen LogP contribution in [0.1, 0.15) is 12.5 Å². The van der Waals surface area contributed by atoms with Gasteiger partial charge in [-0.25, -0.2) is 22.0 Å². The number of carbonyl (C=O) groups is 3. The fourth-order valence-electron chi connectivity index (χ4n) is 3.04. The molecule has 1 aliphatic rings. The third-order valence-corrected chi connectivity index (χ3v) is 5.71. The Morgan fingerprint density at radius 3 is 2.20 bits per heavy atom. The van der Waals surface area contributed by atoms with Crippen molar-refractivity contribution in [2.45, 2.75) is 17.4 Å². The van der Waals surface area contributed by atoms with Gasteiger partial charge in [-0.1, -0.05) is 12.1 Å². The highest BCUT2D eigenvalue weighted by Gasteiger charge is 2.49. The minimum atomic E-state index is -3.44. The van der Waals surface area contributed by atoms with Crippen molar-refractivity contribution in [3.05, 3.63) is 59.7 Å². The van der Waals surface area contributed by atoms with Gasteiger partial charge in [0, 0.05) is 18.0 Å². The molecule has 1 atom stereocenters. The van der Waals surface area contributed by atoms with Crippen molar-refractivity contribution in [3.63, 3.8) is 0 Å². The van der Waals surface area contributed by atoms with Crippen molar-refractivity contribution in [1.29, 1.82) is 0 Å². The van der Waals surface area contributed by atoms with Gasteiger partial charge in [0.15, 0.2) is 9.84 Å². The fourth-order valence-corrected chi connectivity index (χ4v) is 3.67. The summed E-state index contributed by atoms with van der Waals surface area (Å²) in [6.45, 7) is 0.738. The van der Waals surface area contributed by atoms with Crippen LogP contribution < -0.4 is 10.6 Å². The maximum atomic E-state index is 13.2. The molecule has 1 heterocycles. The fraction of sp³-hybridized carbons (Fsp3) is 0.211. The number of anilines is 1. The molecule has 30 heavy (non-hydrogen) atoms. The van der Waals surface area contributed by atoms with E-state index >= 15 is 0 Å². The van der Waals surface area contributed by atoms with E-state index in [0.717, 1.165) is 18.4 Å². The molecule has 3 rings (SSSR count). The van der Waals surface area contributed by atoms with E-state index in [9.17, 15) is 31.6 Å². The van der Waals surface area contributed by atoms with Crippen molar-refractivity contribution in [2.24, 2.45) is 0 Å². The predicted octanol–water partition coefficient (Wildman–Crippen LogP) is 1.77. The van der Waals surface area contributed by atoms with E-state index in [-0.39, 0.29) is 10.6 Å². The Labute approximate surface area is 170 Å². The summed E-state index contributed by atoms with van der Waals surface area (Å²) >= 11 is 0. The van der Waals surface area contributed by atoms with Crippen molar-refractivity contribution < 1.29 is 31.6 Å². The summed E-state index contributed by atoms with van der Waals surface area (Å²) in [6.07, 6.45) is 1.04. The molecule has 158 valence electrons. The molecule has 2 N–H and O–H groups in total. The minimum Gasteiger partial charge on any atom is -0.324 e. The zero-order chi connectivity index (χ0) is 22.3. The van der Waals surface area contributed by atoms with E-state index in [2.05, 4.69) is 10.6 Å². The molecule has 1 saturated heterocycles. The first-order valence-electron chi connectivity index (χ1n) is 8.61. The number of nitrogens with zero attached hydrogens (tertiary/aromatic N) is 1. The molecule has 1 unspecified atom stereocenters. The summed E-state index contributed by atoms with van der Waals surface area (Å²) in [5.41, 5.74) is -1.36. The van der Waals surface area contributed by atoms with Gasteiger partial charge in [-0.2, -0.15) is 0 Å². The molecule has 0 spiro atoms. The van der Waals surface area contributed by atoms with Gasteiger partial charge in [0.05, 0.1) is 4.90 Å². The number of hydrogen-bond donors (Lipinski definition) is 2. The van der Waals surface area contributed by atoms with Crippen molar-refractivity contribution in [1.82, 2.24) is 10.2 Å². The Kier molecular flexibility index (Phi) is 5.33. The van der Waals surface area contributed by atoms with Crippen LogP contribution in [0.15, 0.2) is 47.4 Å². The highest BCUT2D eigenvalue weighted by Crippen LogP contribution is 2.29. The number of halogens is 2. The number of rotatable bonds is 5. The number of imide groups is 1. The maximum Gasteiger partial charge on any atom is 0.325 e. The van der Waals surface area contributed by atoms with Crippen LogP contribution in [-0.4, -0.2) is 44.0 Å². The van der Waals surface area contributed by atoms with E-state index in [1.54, 1.807) is 0 Å². The lowest BCUT2D eigenvalue weighted by atomic mass is 9.92. The third-order valence-electron chi connectivity index (χ3n) is 4.58. The van der Waals surface area contributed by atoms with Crippen LogP contribution in [0.25, 0.3) is 0 Å². The van der Waals surface area contributed by atoms with E-state index in [0.29, 0.717) is 16.5 Å². The van der Waals surface area contributed by atoms with Gasteiger partial charge in [0.25, 0.3) is 5.91 Å². The second-order valence-corrected chi connectivity index (χ2v) is 8.97. The smallest absolute Gasteiger partial charge is 0.324 e. The second kappa shape index (κ2) is 7.48. The first-order chi connectivity index (χ1) is 13.9. The third kappa shape index (κ3) is 4.15. The molecule has 2 aromatic rings. The Bertz CT molecular complexity index is 1130. The first-order valence-corrected chi connectivity index (χ1v) is 10.5. The van der Waals surface area contributed by atoms with E-state index < -0.39 is 51.4 Å². The highest BCUT2D eigenvalue weighted by atomic mass is 32.2. The molecular formula is C19H17F2N3O5S. The van der Waals surface area contributed by atoms with E-state index in [1.165, 1.54) is 31.2 Å². The Morgan fingerprint density at radius 2 is 1.67 bits per heavy atom. The lowest BCUT2D eigenvalue weighted by Gasteiger charge is -2.22. The van der Waals surface area contributed by atoms with Crippen LogP contribution in [-0.2, 0) is 25.0 Å². The van der Waals surface area contributed by atoms with Crippen LogP contribution in [0.4, 0.5) is 19.3 Å². The highest BCUT2D eigenvalue weighted by molar-refractivity contribution is 7.90. The topological polar surface area (TPSA) is 113 Å². The molecule has 1 fully saturated rings. The quantitative estimate of drug-likeness (QED) is 0.693. The molecule has 11 heteroatoms. The summed E-state index contributed by atoms with van der Waals surface area (Å²) in [4.78, 5) is 38.0. The SMILES string of the molecule is CC1(c2ccc(S(C)(=O)=O)cc2)NC(=O)N(CC(=O)Nc2cc(F)cc(F)c2)C1=O. The lowest BCUT2D eigenvalue weighted by Crippen LogP contribution is -2.42. The van der Waals surface area contributed by atoms with Crippen molar-refractivity contribution in [2.75, 3.05) is 18.1 Å². The Hall–Kier alpha value is -3.34. The average molecular weight is 437 g/mol. The molecule has 0 radical (unpaired) electrons. The van der Waals surface area contributed by atoms with Gasteiger partial charge in [0.1, 0.15) is 23.7 Å². The number of amides is 4. The van der Waals surface area contributed by atoms with Gasteiger partial charge >= 0.3 is 6.03 Å². The van der Waals surface area contributed by atoms with E-state index in [4.69, 9.17) is 0 Å². The van der Waals surface area contributed by atoms with Gasteiger partial charge < -0.3 is 10.6 Å². The largest absolute Gasteiger partial charge is 0.325 e. The van der Waals surface area contributed by atoms with Gasteiger partial charge in [-0.05, 0) is 36.8 Å². The predicted molar refractivity (Wildman–Crippen MR) is 102 cm³/mol. The van der Waals surface area contributed by atoms with E-state index in [1.807, 2.05) is 0 Å². The molecule has 4 amide bonds. The summed E-state index contributed by atoms with van der Waals surface area (Å²) in [5, 5.41) is 4.70. The molecule has 1 aliphatic heterocycles. The summed E-state index contributed by atoms with van der Waals surface area (Å²) in [6, 6.07) is 6.98. The normalized spacial score (nSPS) is 19.0. The molecule has 0 saturated carbocycles. The molecule has 2 aromatic carbocycles. The van der Waals surface area contributed by atoms with Crippen LogP contribution in [0.3, 0.4) is 0 Å². The average Bonchev–Trinajstić information content (AvgIpc) is 2.84. The number of nitrogens with one attached hydrogen (secondary N) is 2. The van der Waals surface area contributed by atoms with Gasteiger partial charge in [0.2, 0.25) is 5.91 Å². The Morgan fingerprint density at radius 1 is 1.10 bits per heavy atom. The number of urea groups is 1. The molecular weight excluding hydrogens is 420 g/mol. The van der Waals surface area contributed by atoms with Crippen LogP contribution in [0.5, 0.6) is 0 Å². The number of benzene rings is 2. The second-order valence-electron chi connectivity index (χ2n) is 6.95. The Balaban J connectivity index is 1.77. The zero-order valence-corrected chi connectivity index (χ0v) is 16.7. The van der Waals surface area contributed by atoms with Gasteiger partial charge in [-0.15, -0.1) is 0 Å².